The summed E-state index contributed by atoms with van der Waals surface area (Å²) >= 11 is 0. The lowest BCUT2D eigenvalue weighted by atomic mass is 9.92. The molecule has 0 radical (unpaired) electrons. The SMILES string of the molecule is Cc1cn(C2=CC=CNc3nc(C4=C5NC5N(C)c5ncc(-c6cncc(NC(=O)CC(C)(C)C)c6)c(F)c54)[nH]c32)cn1. The molecule has 1 amide bonds. The molecular formula is C31H31FN10O. The van der Waals surface area contributed by atoms with E-state index in [0.717, 1.165) is 22.8 Å². The Morgan fingerprint density at radius 3 is 2.79 bits per heavy atom. The molecule has 4 aromatic rings. The van der Waals surface area contributed by atoms with Crippen molar-refractivity contribution in [2.24, 2.45) is 5.41 Å². The molecule has 7 heterocycles. The number of nitrogens with one attached hydrogen (secondary N) is 4. The molecule has 0 saturated carbocycles. The molecule has 4 aromatic heterocycles. The predicted molar refractivity (Wildman–Crippen MR) is 163 cm³/mol. The number of likely N-dealkylation sites (N-methyl/N-ethyl adjacent to an activating group) is 1. The van der Waals surface area contributed by atoms with Crippen molar-refractivity contribution in [3.63, 3.8) is 0 Å². The minimum absolute atomic E-state index is 0.104. The van der Waals surface area contributed by atoms with Gasteiger partial charge in [0.1, 0.15) is 29.3 Å². The highest BCUT2D eigenvalue weighted by Gasteiger charge is 2.45. The number of halogens is 1. The number of imidazole rings is 2. The molecule has 3 aliphatic rings. The van der Waals surface area contributed by atoms with Crippen LogP contribution in [0.3, 0.4) is 0 Å². The molecule has 1 unspecified atom stereocenters. The third-order valence-corrected chi connectivity index (χ3v) is 7.50. The predicted octanol–water partition coefficient (Wildman–Crippen LogP) is 4.85. The Labute approximate surface area is 247 Å². The number of anilines is 3. The average molecular weight is 579 g/mol. The lowest BCUT2D eigenvalue weighted by Crippen LogP contribution is -2.28. The molecule has 12 heteroatoms. The van der Waals surface area contributed by atoms with Crippen LogP contribution >= 0.6 is 0 Å². The number of nitrogens with zero attached hydrogens (tertiary/aromatic N) is 6. The molecule has 0 bridgehead atoms. The van der Waals surface area contributed by atoms with Gasteiger partial charge in [0.05, 0.1) is 46.4 Å². The average Bonchev–Trinajstić information content (AvgIpc) is 3.53. The number of hydrogen-bond acceptors (Lipinski definition) is 8. The van der Waals surface area contributed by atoms with Crippen molar-refractivity contribution in [1.82, 2.24) is 34.8 Å². The van der Waals surface area contributed by atoms with E-state index in [1.165, 1.54) is 6.20 Å². The highest BCUT2D eigenvalue weighted by Crippen LogP contribution is 2.46. The molecule has 0 aliphatic carbocycles. The first kappa shape index (κ1) is 26.6. The molecule has 43 heavy (non-hydrogen) atoms. The van der Waals surface area contributed by atoms with Gasteiger partial charge in [-0.2, -0.15) is 0 Å². The third-order valence-electron chi connectivity index (χ3n) is 7.50. The molecule has 0 aromatic carbocycles. The van der Waals surface area contributed by atoms with Gasteiger partial charge in [0.25, 0.3) is 0 Å². The number of rotatable bonds is 5. The number of aromatic nitrogens is 6. The number of carbonyl (C=O) groups excluding carboxylic acids is 1. The number of pyridine rings is 2. The minimum atomic E-state index is -0.452. The molecule has 0 spiro atoms. The number of H-pyrrole nitrogens is 1. The van der Waals surface area contributed by atoms with Crippen molar-refractivity contribution in [2.75, 3.05) is 22.6 Å². The summed E-state index contributed by atoms with van der Waals surface area (Å²) in [5.41, 5.74) is 5.39. The van der Waals surface area contributed by atoms with Crippen molar-refractivity contribution in [3.8, 4) is 11.1 Å². The van der Waals surface area contributed by atoms with Gasteiger partial charge in [-0.3, -0.25) is 9.78 Å². The Balaban J connectivity index is 1.30. The summed E-state index contributed by atoms with van der Waals surface area (Å²) < 4.78 is 18.6. The maximum atomic E-state index is 16.7. The van der Waals surface area contributed by atoms with Crippen molar-refractivity contribution in [2.45, 2.75) is 40.3 Å². The van der Waals surface area contributed by atoms with Crippen LogP contribution in [-0.2, 0) is 4.79 Å². The van der Waals surface area contributed by atoms with E-state index in [4.69, 9.17) is 9.97 Å². The summed E-state index contributed by atoms with van der Waals surface area (Å²) in [5.74, 6) is 1.04. The molecular weight excluding hydrogens is 547 g/mol. The van der Waals surface area contributed by atoms with E-state index in [2.05, 4.69) is 30.9 Å². The number of amides is 1. The second-order valence-electron chi connectivity index (χ2n) is 12.2. The zero-order valence-corrected chi connectivity index (χ0v) is 24.5. The summed E-state index contributed by atoms with van der Waals surface area (Å²) in [7, 11) is 1.88. The smallest absolute Gasteiger partial charge is 0.224 e. The summed E-state index contributed by atoms with van der Waals surface area (Å²) in [6.07, 6.45) is 14.2. The molecule has 4 N–H and O–H groups in total. The van der Waals surface area contributed by atoms with Crippen LogP contribution in [0.5, 0.6) is 0 Å². The monoisotopic (exact) mass is 578 g/mol. The number of fused-ring (bicyclic) bond motifs is 3. The summed E-state index contributed by atoms with van der Waals surface area (Å²) in [5, 5.41) is 9.48. The first-order chi connectivity index (χ1) is 20.6. The first-order valence-electron chi connectivity index (χ1n) is 14.0. The van der Waals surface area contributed by atoms with E-state index in [9.17, 15) is 4.79 Å². The first-order valence-corrected chi connectivity index (χ1v) is 14.0. The number of carbonyl (C=O) groups is 1. The molecule has 1 fully saturated rings. The Morgan fingerprint density at radius 2 is 2.02 bits per heavy atom. The molecule has 11 nitrogen and oxygen atoms in total. The topological polar surface area (TPSA) is 139 Å². The van der Waals surface area contributed by atoms with Gasteiger partial charge >= 0.3 is 0 Å². The number of hydrogen-bond donors (Lipinski definition) is 4. The van der Waals surface area contributed by atoms with Crippen LogP contribution < -0.4 is 20.9 Å². The van der Waals surface area contributed by atoms with Crippen molar-refractivity contribution in [3.05, 3.63) is 89.8 Å². The van der Waals surface area contributed by atoms with E-state index in [1.54, 1.807) is 31.0 Å². The fourth-order valence-electron chi connectivity index (χ4n) is 5.52. The summed E-state index contributed by atoms with van der Waals surface area (Å²) in [6.45, 7) is 7.92. The fourth-order valence-corrected chi connectivity index (χ4v) is 5.52. The largest absolute Gasteiger partial charge is 0.360 e. The van der Waals surface area contributed by atoms with Crippen LogP contribution in [0.2, 0.25) is 0 Å². The molecule has 3 aliphatic heterocycles. The molecule has 7 rings (SSSR count). The highest BCUT2D eigenvalue weighted by molar-refractivity contribution is 5.95. The minimum Gasteiger partial charge on any atom is -0.360 e. The summed E-state index contributed by atoms with van der Waals surface area (Å²) in [4.78, 5) is 36.1. The van der Waals surface area contributed by atoms with Crippen LogP contribution in [0.4, 0.5) is 21.7 Å². The van der Waals surface area contributed by atoms with Crippen molar-refractivity contribution in [1.29, 1.82) is 0 Å². The second kappa shape index (κ2) is 9.65. The van der Waals surface area contributed by atoms with E-state index in [0.29, 0.717) is 46.3 Å². The number of aromatic amines is 1. The maximum absolute atomic E-state index is 16.7. The third kappa shape index (κ3) is 4.74. The van der Waals surface area contributed by atoms with Crippen LogP contribution in [0.15, 0.2) is 61.2 Å². The van der Waals surface area contributed by atoms with Gasteiger partial charge in [0.2, 0.25) is 5.91 Å². The van der Waals surface area contributed by atoms with Gasteiger partial charge in [-0.25, -0.2) is 19.3 Å². The zero-order chi connectivity index (χ0) is 30.0. The standard InChI is InChI=1S/C31H31FN10O/c1-16-14-42(15-36-16)20-7-6-8-34-28-25(20)38-27(40-28)23-22-24(32)19(13-35-29(22)41(5)30-26(23)39-30)17-9-18(12-33-11-17)37-21(43)10-31(2,3)4/h6-9,11-15,30,34,39H,10H2,1-5H3,(H,37,43)(H,38,40). The van der Waals surface area contributed by atoms with E-state index < -0.39 is 5.82 Å². The van der Waals surface area contributed by atoms with Gasteiger partial charge in [-0.1, -0.05) is 20.8 Å². The molecule has 1 atom stereocenters. The van der Waals surface area contributed by atoms with E-state index in [-0.39, 0.29) is 23.1 Å². The molecule has 218 valence electrons. The van der Waals surface area contributed by atoms with Gasteiger partial charge in [-0.05, 0) is 30.6 Å². The van der Waals surface area contributed by atoms with Gasteiger partial charge in [0.15, 0.2) is 5.82 Å². The van der Waals surface area contributed by atoms with Crippen molar-refractivity contribution >= 4 is 34.5 Å². The fraction of sp³-hybridized carbons (Fsp3) is 0.258. The van der Waals surface area contributed by atoms with Gasteiger partial charge in [0, 0.05) is 49.4 Å². The van der Waals surface area contributed by atoms with E-state index >= 15 is 4.39 Å². The van der Waals surface area contributed by atoms with Gasteiger partial charge in [-0.15, -0.1) is 0 Å². The van der Waals surface area contributed by atoms with Gasteiger partial charge < -0.3 is 30.4 Å². The Bertz CT molecular complexity index is 1890. The lowest BCUT2D eigenvalue weighted by molar-refractivity contribution is -0.117. The lowest BCUT2D eigenvalue weighted by Gasteiger charge is -2.24. The van der Waals surface area contributed by atoms with Crippen molar-refractivity contribution < 1.29 is 9.18 Å². The van der Waals surface area contributed by atoms with Crippen LogP contribution in [0.25, 0.3) is 22.4 Å². The Kier molecular flexibility index (Phi) is 5.98. The number of aryl methyl sites for hydroxylation is 1. The van der Waals surface area contributed by atoms with Crippen LogP contribution in [0, 0.1) is 18.2 Å². The Hall–Kier alpha value is -5.26. The van der Waals surface area contributed by atoms with E-state index in [1.807, 2.05) is 62.6 Å². The number of allylic oxidation sites excluding steroid dienone is 2. The Morgan fingerprint density at radius 1 is 1.19 bits per heavy atom. The quantitative estimate of drug-likeness (QED) is 0.247. The second-order valence-corrected chi connectivity index (χ2v) is 12.2. The van der Waals surface area contributed by atoms with Crippen LogP contribution in [0.1, 0.15) is 50.0 Å². The maximum Gasteiger partial charge on any atom is 0.224 e. The van der Waals surface area contributed by atoms with Crippen LogP contribution in [-0.4, -0.2) is 48.6 Å². The highest BCUT2D eigenvalue weighted by atomic mass is 19.1. The zero-order valence-electron chi connectivity index (χ0n) is 24.5. The molecule has 1 saturated heterocycles. The normalized spacial score (nSPS) is 16.8. The summed E-state index contributed by atoms with van der Waals surface area (Å²) in [6, 6.07) is 1.72.